The lowest BCUT2D eigenvalue weighted by molar-refractivity contribution is -0.467. The second kappa shape index (κ2) is 14.1. The van der Waals surface area contributed by atoms with Gasteiger partial charge in [-0.3, -0.25) is 0 Å². The van der Waals surface area contributed by atoms with E-state index >= 15 is 0 Å². The van der Waals surface area contributed by atoms with E-state index in [1.54, 1.807) is 0 Å². The number of hydrogen-bond donors (Lipinski definition) is 0. The van der Waals surface area contributed by atoms with E-state index in [0.717, 1.165) is 0 Å². The molecule has 35 heteroatoms. The Morgan fingerprint density at radius 3 is 0.579 bits per heavy atom. The maximum atomic E-state index is 14.2. The highest BCUT2D eigenvalue weighted by Crippen LogP contribution is 2.67. The third kappa shape index (κ3) is 7.11. The van der Waals surface area contributed by atoms with Crippen LogP contribution in [0.25, 0.3) is 0 Å². The van der Waals surface area contributed by atoms with E-state index in [1.807, 2.05) is 0 Å². The van der Waals surface area contributed by atoms with E-state index in [9.17, 15) is 149 Å². The molecule has 0 radical (unpaired) electrons. The summed E-state index contributed by atoms with van der Waals surface area (Å²) in [5, 5.41) is 0. The molecule has 0 bridgehead atoms. The standard InChI is InChI=1S/C22H12F34O/c1-5(7(23,24)11(29,30)15(37,38)17(41,42)13(33,34)9(27,19(45,46)47)20(48,49)50)3-57-4-6(2)8(25,26)12(31,32)16(39,40)18(43,44)14(35,36)10(28,21(51,52)53)22(54,55)56/h5-6H,3-4H2,1-2H3. The average molecular weight is 938 g/mol. The van der Waals surface area contributed by atoms with Crippen LogP contribution in [0.4, 0.5) is 149 Å². The molecule has 0 N–H and O–H groups in total. The fourth-order valence-corrected chi connectivity index (χ4v) is 3.92. The van der Waals surface area contributed by atoms with Crippen molar-refractivity contribution in [3.8, 4) is 0 Å². The number of ether oxygens (including phenoxy) is 1. The van der Waals surface area contributed by atoms with Gasteiger partial charge in [-0.25, -0.2) is 8.78 Å². The van der Waals surface area contributed by atoms with Gasteiger partial charge in [-0.1, -0.05) is 13.8 Å². The predicted octanol–water partition coefficient (Wildman–Crippen LogP) is 12.3. The molecule has 0 saturated carbocycles. The number of halogens is 34. The summed E-state index contributed by atoms with van der Waals surface area (Å²) in [5.41, 5.74) is -17.9. The van der Waals surface area contributed by atoms with Crippen LogP contribution in [-0.4, -0.2) is 108 Å². The van der Waals surface area contributed by atoms with Crippen molar-refractivity contribution < 1.29 is 154 Å². The van der Waals surface area contributed by atoms with Gasteiger partial charge in [-0.15, -0.1) is 0 Å². The van der Waals surface area contributed by atoms with E-state index < -0.39 is 134 Å². The zero-order valence-electron chi connectivity index (χ0n) is 25.8. The molecule has 0 aromatic carbocycles. The lowest BCUT2D eigenvalue weighted by Gasteiger charge is -2.45. The maximum absolute atomic E-state index is 14.2. The Morgan fingerprint density at radius 2 is 0.421 bits per heavy atom. The first kappa shape index (κ1) is 54.6. The molecule has 0 aliphatic heterocycles. The van der Waals surface area contributed by atoms with Crippen molar-refractivity contribution in [2.45, 2.75) is 109 Å². The summed E-state index contributed by atoms with van der Waals surface area (Å²) in [7, 11) is 0. The van der Waals surface area contributed by atoms with Crippen molar-refractivity contribution in [2.24, 2.45) is 11.8 Å². The van der Waals surface area contributed by atoms with Gasteiger partial charge in [0, 0.05) is 11.8 Å². The molecule has 1 nitrogen and oxygen atoms in total. The zero-order valence-corrected chi connectivity index (χ0v) is 25.8. The van der Waals surface area contributed by atoms with Crippen molar-refractivity contribution in [3.05, 3.63) is 0 Å². The molecule has 57 heavy (non-hydrogen) atoms. The van der Waals surface area contributed by atoms with Gasteiger partial charge >= 0.3 is 95.3 Å². The topological polar surface area (TPSA) is 9.23 Å². The van der Waals surface area contributed by atoms with Crippen LogP contribution < -0.4 is 0 Å². The van der Waals surface area contributed by atoms with Gasteiger partial charge < -0.3 is 4.74 Å². The smallest absolute Gasteiger partial charge is 0.380 e. The van der Waals surface area contributed by atoms with Gasteiger partial charge in [-0.05, 0) is 0 Å². The Labute approximate surface area is 289 Å². The summed E-state index contributed by atoms with van der Waals surface area (Å²) in [6.07, 6.45) is -34.0. The third-order valence-corrected chi connectivity index (χ3v) is 7.60. The third-order valence-electron chi connectivity index (χ3n) is 7.60. The van der Waals surface area contributed by atoms with Gasteiger partial charge in [0.2, 0.25) is 0 Å². The summed E-state index contributed by atoms with van der Waals surface area (Å²) < 4.78 is 460. The van der Waals surface area contributed by atoms with Crippen molar-refractivity contribution in [3.63, 3.8) is 0 Å². The fraction of sp³-hybridized carbons (Fsp3) is 1.00. The van der Waals surface area contributed by atoms with Crippen molar-refractivity contribution in [2.75, 3.05) is 13.2 Å². The van der Waals surface area contributed by atoms with Crippen LogP contribution in [0.3, 0.4) is 0 Å². The highest BCUT2D eigenvalue weighted by atomic mass is 19.5. The highest BCUT2D eigenvalue weighted by molar-refractivity contribution is 5.20. The second-order valence-electron chi connectivity index (χ2n) is 11.5. The van der Waals surface area contributed by atoms with E-state index in [1.165, 1.54) is 0 Å². The maximum Gasteiger partial charge on any atom is 0.438 e. The predicted molar refractivity (Wildman–Crippen MR) is 111 cm³/mol. The lowest BCUT2D eigenvalue weighted by atomic mass is 9.82. The van der Waals surface area contributed by atoms with Crippen LogP contribution in [0.1, 0.15) is 13.8 Å². The first-order valence-corrected chi connectivity index (χ1v) is 13.1. The number of alkyl halides is 34. The first-order valence-electron chi connectivity index (χ1n) is 13.1. The molecule has 0 saturated heterocycles. The Hall–Kier alpha value is -2.42. The Balaban J connectivity index is 6.77. The van der Waals surface area contributed by atoms with Crippen LogP contribution in [0.15, 0.2) is 0 Å². The molecule has 0 rings (SSSR count). The van der Waals surface area contributed by atoms with Crippen LogP contribution >= 0.6 is 0 Å². The number of hydrogen-bond acceptors (Lipinski definition) is 1. The van der Waals surface area contributed by atoms with E-state index in [2.05, 4.69) is 4.74 Å². The molecule has 0 spiro atoms. The van der Waals surface area contributed by atoms with E-state index in [0.29, 0.717) is 0 Å². The molecule has 0 aliphatic rings. The Kier molecular flexibility index (Phi) is 13.5. The average Bonchev–Trinajstić information content (AvgIpc) is 2.96. The SMILES string of the molecule is CC(COCC(C)C(F)(F)C(F)(F)C(F)(F)C(F)(F)C(F)(F)C(F)(C(F)(F)F)C(F)(F)F)C(F)(F)C(F)(F)C(F)(F)C(F)(F)C(F)(F)C(F)(C(F)(F)F)C(F)(F)F. The molecular formula is C22H12F34O. The van der Waals surface area contributed by atoms with Crippen LogP contribution in [0.5, 0.6) is 0 Å². The minimum Gasteiger partial charge on any atom is -0.380 e. The van der Waals surface area contributed by atoms with Crippen LogP contribution in [0, 0.1) is 11.8 Å². The summed E-state index contributed by atoms with van der Waals surface area (Å²) in [5.74, 6) is -95.5. The van der Waals surface area contributed by atoms with Crippen molar-refractivity contribution in [1.29, 1.82) is 0 Å². The first-order chi connectivity index (χ1) is 24.0. The number of rotatable bonds is 16. The normalized spacial score (nSPS) is 17.9. The van der Waals surface area contributed by atoms with Gasteiger partial charge in [0.05, 0.1) is 13.2 Å². The van der Waals surface area contributed by atoms with E-state index in [-0.39, 0.29) is 0 Å². The lowest BCUT2D eigenvalue weighted by Crippen LogP contribution is -2.77. The molecule has 0 heterocycles. The molecule has 0 aromatic heterocycles. The van der Waals surface area contributed by atoms with Crippen LogP contribution in [-0.2, 0) is 4.74 Å². The molecular weight excluding hydrogens is 926 g/mol. The quantitative estimate of drug-likeness (QED) is 0.140. The monoisotopic (exact) mass is 938 g/mol. The minimum absolute atomic E-state index is 0.829. The van der Waals surface area contributed by atoms with Crippen molar-refractivity contribution >= 4 is 0 Å². The minimum atomic E-state index is -9.24. The Bertz CT molecular complexity index is 1260. The molecule has 0 amide bonds. The summed E-state index contributed by atoms with van der Waals surface area (Å²) in [4.78, 5) is 0. The largest absolute Gasteiger partial charge is 0.438 e. The van der Waals surface area contributed by atoms with Crippen molar-refractivity contribution in [1.82, 2.24) is 0 Å². The zero-order chi connectivity index (χ0) is 47.3. The van der Waals surface area contributed by atoms with Gasteiger partial charge in [0.15, 0.2) is 0 Å². The molecule has 2 atom stereocenters. The Morgan fingerprint density at radius 1 is 0.263 bits per heavy atom. The van der Waals surface area contributed by atoms with Gasteiger partial charge in [0.25, 0.3) is 0 Å². The second-order valence-corrected chi connectivity index (χ2v) is 11.5. The molecule has 344 valence electrons. The summed E-state index contributed by atoms with van der Waals surface area (Å²) >= 11 is 0. The molecule has 2 unspecified atom stereocenters. The highest BCUT2D eigenvalue weighted by Gasteiger charge is 2.99. The van der Waals surface area contributed by atoms with Crippen LogP contribution in [0.2, 0.25) is 0 Å². The van der Waals surface area contributed by atoms with Gasteiger partial charge in [-0.2, -0.15) is 140 Å². The molecule has 0 aliphatic carbocycles. The van der Waals surface area contributed by atoms with Gasteiger partial charge in [0.1, 0.15) is 0 Å². The van der Waals surface area contributed by atoms with E-state index in [4.69, 9.17) is 0 Å². The molecule has 0 aromatic rings. The summed E-state index contributed by atoms with van der Waals surface area (Å²) in [6, 6.07) is 0. The summed E-state index contributed by atoms with van der Waals surface area (Å²) in [6.45, 7) is -7.64. The molecule has 0 fully saturated rings. The fourth-order valence-electron chi connectivity index (χ4n) is 3.92.